The topological polar surface area (TPSA) is 87.3 Å². The Bertz CT molecular complexity index is 775. The van der Waals surface area contributed by atoms with E-state index >= 15 is 0 Å². The molecule has 0 saturated heterocycles. The fraction of sp³-hybridized carbons (Fsp3) is 0.350. The third kappa shape index (κ3) is 6.53. The van der Waals surface area contributed by atoms with Gasteiger partial charge in [-0.15, -0.1) is 11.3 Å². The van der Waals surface area contributed by atoms with Crippen molar-refractivity contribution in [2.45, 2.75) is 39.2 Å². The van der Waals surface area contributed by atoms with Gasteiger partial charge in [-0.1, -0.05) is 25.1 Å². The summed E-state index contributed by atoms with van der Waals surface area (Å²) in [6.07, 6.45) is 1.60. The zero-order valence-electron chi connectivity index (χ0n) is 15.6. The van der Waals surface area contributed by atoms with Crippen LogP contribution >= 0.6 is 11.3 Å². The molecule has 3 N–H and O–H groups in total. The molecule has 3 amide bonds. The van der Waals surface area contributed by atoms with Crippen molar-refractivity contribution in [2.24, 2.45) is 0 Å². The Labute approximate surface area is 163 Å². The largest absolute Gasteiger partial charge is 0.351 e. The van der Waals surface area contributed by atoms with Gasteiger partial charge in [0.1, 0.15) is 0 Å². The van der Waals surface area contributed by atoms with Crippen molar-refractivity contribution in [3.05, 3.63) is 52.2 Å². The number of anilines is 1. The molecule has 7 heteroatoms. The Morgan fingerprint density at radius 3 is 2.56 bits per heavy atom. The van der Waals surface area contributed by atoms with E-state index in [1.165, 1.54) is 11.3 Å². The smallest absolute Gasteiger partial charge is 0.261 e. The van der Waals surface area contributed by atoms with Crippen LogP contribution in [0.5, 0.6) is 0 Å². The number of rotatable bonds is 9. The summed E-state index contributed by atoms with van der Waals surface area (Å²) in [6.45, 7) is 4.35. The van der Waals surface area contributed by atoms with Crippen LogP contribution in [-0.4, -0.2) is 30.3 Å². The predicted molar refractivity (Wildman–Crippen MR) is 108 cm³/mol. The highest BCUT2D eigenvalue weighted by atomic mass is 32.1. The molecule has 0 saturated carbocycles. The van der Waals surface area contributed by atoms with E-state index in [2.05, 4.69) is 16.0 Å². The molecule has 1 unspecified atom stereocenters. The van der Waals surface area contributed by atoms with E-state index in [1.54, 1.807) is 30.3 Å². The molecule has 2 aromatic rings. The number of amides is 3. The summed E-state index contributed by atoms with van der Waals surface area (Å²) in [5.41, 5.74) is 0.933. The Kier molecular flexibility index (Phi) is 8.00. The van der Waals surface area contributed by atoms with Crippen LogP contribution in [0.2, 0.25) is 0 Å². The number of nitrogens with one attached hydrogen (secondary N) is 3. The monoisotopic (exact) mass is 387 g/mol. The summed E-state index contributed by atoms with van der Waals surface area (Å²) >= 11 is 1.38. The second-order valence-electron chi connectivity index (χ2n) is 6.21. The van der Waals surface area contributed by atoms with Gasteiger partial charge in [0.05, 0.1) is 16.1 Å². The Morgan fingerprint density at radius 1 is 1.07 bits per heavy atom. The van der Waals surface area contributed by atoms with Crippen LogP contribution in [0.4, 0.5) is 5.69 Å². The van der Waals surface area contributed by atoms with Crippen molar-refractivity contribution in [3.63, 3.8) is 0 Å². The Morgan fingerprint density at radius 2 is 1.85 bits per heavy atom. The van der Waals surface area contributed by atoms with E-state index < -0.39 is 0 Å². The minimum atomic E-state index is -0.205. The molecule has 0 spiro atoms. The summed E-state index contributed by atoms with van der Waals surface area (Å²) in [5.74, 6) is -0.523. The van der Waals surface area contributed by atoms with Crippen molar-refractivity contribution in [2.75, 3.05) is 11.9 Å². The number of para-hydroxylation sites is 1. The first-order valence-corrected chi connectivity index (χ1v) is 9.90. The van der Waals surface area contributed by atoms with E-state index in [4.69, 9.17) is 0 Å². The van der Waals surface area contributed by atoms with Crippen LogP contribution in [0, 0.1) is 0 Å². The van der Waals surface area contributed by atoms with Crippen molar-refractivity contribution >= 4 is 34.7 Å². The first kappa shape index (κ1) is 20.6. The van der Waals surface area contributed by atoms with Crippen LogP contribution in [0.3, 0.4) is 0 Å². The van der Waals surface area contributed by atoms with E-state index in [1.807, 2.05) is 25.3 Å². The van der Waals surface area contributed by atoms with Gasteiger partial charge in [0.15, 0.2) is 0 Å². The molecule has 144 valence electrons. The predicted octanol–water partition coefficient (Wildman–Crippen LogP) is 3.43. The summed E-state index contributed by atoms with van der Waals surface area (Å²) in [6, 6.07) is 10.6. The minimum Gasteiger partial charge on any atom is -0.351 e. The standard InChI is InChI=1S/C20H25N3O3S/c1-3-14(2)22-19(25)15-8-4-5-9-16(15)23-18(24)11-6-12-21-20(26)17-10-7-13-27-17/h4-5,7-10,13-14H,3,6,11-12H2,1-2H3,(H,21,26)(H,22,25)(H,23,24). The molecule has 1 heterocycles. The fourth-order valence-corrected chi connectivity index (χ4v) is 2.99. The van der Waals surface area contributed by atoms with Crippen molar-refractivity contribution in [1.82, 2.24) is 10.6 Å². The number of hydrogen-bond donors (Lipinski definition) is 3. The first-order valence-electron chi connectivity index (χ1n) is 9.02. The average Bonchev–Trinajstić information content (AvgIpc) is 3.20. The molecular formula is C20H25N3O3S. The summed E-state index contributed by atoms with van der Waals surface area (Å²) in [4.78, 5) is 37.0. The molecular weight excluding hydrogens is 362 g/mol. The van der Waals surface area contributed by atoms with Crippen molar-refractivity contribution < 1.29 is 14.4 Å². The molecule has 1 aromatic heterocycles. The van der Waals surface area contributed by atoms with Crippen LogP contribution in [0.25, 0.3) is 0 Å². The van der Waals surface area contributed by atoms with E-state index in [0.29, 0.717) is 29.1 Å². The lowest BCUT2D eigenvalue weighted by molar-refractivity contribution is -0.116. The van der Waals surface area contributed by atoms with Gasteiger partial charge in [-0.3, -0.25) is 14.4 Å². The number of benzene rings is 1. The molecule has 1 aromatic carbocycles. The van der Waals surface area contributed by atoms with Crippen LogP contribution in [0.1, 0.15) is 53.1 Å². The van der Waals surface area contributed by atoms with Crippen LogP contribution in [-0.2, 0) is 4.79 Å². The molecule has 0 aliphatic carbocycles. The molecule has 0 radical (unpaired) electrons. The summed E-state index contributed by atoms with van der Waals surface area (Å²) in [7, 11) is 0. The van der Waals surface area contributed by atoms with Crippen LogP contribution in [0.15, 0.2) is 41.8 Å². The molecule has 2 rings (SSSR count). The third-order valence-corrected chi connectivity index (χ3v) is 4.92. The number of carbonyl (C=O) groups is 3. The van der Waals surface area contributed by atoms with E-state index in [0.717, 1.165) is 6.42 Å². The number of thiophene rings is 1. The van der Waals surface area contributed by atoms with Crippen molar-refractivity contribution in [3.8, 4) is 0 Å². The highest BCUT2D eigenvalue weighted by molar-refractivity contribution is 7.12. The lowest BCUT2D eigenvalue weighted by Gasteiger charge is -2.14. The summed E-state index contributed by atoms with van der Waals surface area (Å²) < 4.78 is 0. The third-order valence-electron chi connectivity index (χ3n) is 4.05. The lowest BCUT2D eigenvalue weighted by Crippen LogP contribution is -2.32. The molecule has 6 nitrogen and oxygen atoms in total. The van der Waals surface area contributed by atoms with Gasteiger partial charge >= 0.3 is 0 Å². The number of hydrogen-bond acceptors (Lipinski definition) is 4. The molecule has 1 atom stereocenters. The van der Waals surface area contributed by atoms with Crippen LogP contribution < -0.4 is 16.0 Å². The molecule has 0 aliphatic rings. The zero-order chi connectivity index (χ0) is 19.6. The zero-order valence-corrected chi connectivity index (χ0v) is 16.4. The fourth-order valence-electron chi connectivity index (χ4n) is 2.35. The van der Waals surface area contributed by atoms with Crippen molar-refractivity contribution in [1.29, 1.82) is 0 Å². The Hall–Kier alpha value is -2.67. The normalized spacial score (nSPS) is 11.5. The first-order chi connectivity index (χ1) is 13.0. The summed E-state index contributed by atoms with van der Waals surface area (Å²) in [5, 5.41) is 10.3. The molecule has 0 bridgehead atoms. The molecule has 0 aliphatic heterocycles. The average molecular weight is 388 g/mol. The van der Waals surface area contributed by atoms with Gasteiger partial charge in [0, 0.05) is 19.0 Å². The number of carbonyl (C=O) groups excluding carboxylic acids is 3. The van der Waals surface area contributed by atoms with Gasteiger partial charge in [-0.25, -0.2) is 0 Å². The lowest BCUT2D eigenvalue weighted by atomic mass is 10.1. The Balaban J connectivity index is 1.81. The van der Waals surface area contributed by atoms with Gasteiger partial charge in [0.2, 0.25) is 5.91 Å². The van der Waals surface area contributed by atoms with E-state index in [9.17, 15) is 14.4 Å². The molecule has 27 heavy (non-hydrogen) atoms. The molecule has 0 fully saturated rings. The maximum Gasteiger partial charge on any atom is 0.261 e. The van der Waals surface area contributed by atoms with Gasteiger partial charge < -0.3 is 16.0 Å². The van der Waals surface area contributed by atoms with Gasteiger partial charge in [0.25, 0.3) is 11.8 Å². The maximum atomic E-state index is 12.4. The van der Waals surface area contributed by atoms with E-state index in [-0.39, 0.29) is 30.2 Å². The highest BCUT2D eigenvalue weighted by Crippen LogP contribution is 2.16. The highest BCUT2D eigenvalue weighted by Gasteiger charge is 2.14. The SMILES string of the molecule is CCC(C)NC(=O)c1ccccc1NC(=O)CCCNC(=O)c1cccs1. The van der Waals surface area contributed by atoms with Gasteiger partial charge in [-0.2, -0.15) is 0 Å². The second kappa shape index (κ2) is 10.5. The minimum absolute atomic E-state index is 0.0632. The van der Waals surface area contributed by atoms with Gasteiger partial charge in [-0.05, 0) is 43.3 Å². The quantitative estimate of drug-likeness (QED) is 0.576. The second-order valence-corrected chi connectivity index (χ2v) is 7.16. The maximum absolute atomic E-state index is 12.4.